The summed E-state index contributed by atoms with van der Waals surface area (Å²) < 4.78 is 2.78. The molecule has 21 heavy (non-hydrogen) atoms. The molecule has 0 radical (unpaired) electrons. The molecule has 0 unspecified atom stereocenters. The Balaban J connectivity index is 1.60. The van der Waals surface area contributed by atoms with Crippen molar-refractivity contribution in [2.24, 2.45) is 0 Å². The molecule has 2 heterocycles. The molecule has 0 saturated heterocycles. The summed E-state index contributed by atoms with van der Waals surface area (Å²) in [5, 5.41) is 10.8. The Hall–Kier alpha value is -1.93. The number of halogens is 1. The molecule has 1 aliphatic heterocycles. The molecule has 0 atom stereocenters. The van der Waals surface area contributed by atoms with Crippen LogP contribution < -0.4 is 11.1 Å². The minimum absolute atomic E-state index is 0.0616. The van der Waals surface area contributed by atoms with E-state index in [1.165, 1.54) is 0 Å². The van der Waals surface area contributed by atoms with Crippen molar-refractivity contribution in [2.45, 2.75) is 13.1 Å². The van der Waals surface area contributed by atoms with Crippen LogP contribution in [0.3, 0.4) is 0 Å². The highest BCUT2D eigenvalue weighted by Gasteiger charge is 2.19. The molecular weight excluding hydrogens is 336 g/mol. The highest BCUT2D eigenvalue weighted by molar-refractivity contribution is 9.10. The van der Waals surface area contributed by atoms with Gasteiger partial charge < -0.3 is 15.6 Å². The molecule has 1 aromatic carbocycles. The summed E-state index contributed by atoms with van der Waals surface area (Å²) in [5.41, 5.74) is 7.04. The Bertz CT molecular complexity index is 670. The minimum atomic E-state index is -0.0616. The summed E-state index contributed by atoms with van der Waals surface area (Å²) in [4.78, 5) is 14.2. The van der Waals surface area contributed by atoms with E-state index in [2.05, 4.69) is 31.4 Å². The van der Waals surface area contributed by atoms with Crippen molar-refractivity contribution in [3.05, 3.63) is 34.8 Å². The molecule has 1 aliphatic rings. The molecule has 3 N–H and O–H groups in total. The van der Waals surface area contributed by atoms with Gasteiger partial charge in [-0.2, -0.15) is 0 Å². The smallest absolute Gasteiger partial charge is 0.238 e. The van der Waals surface area contributed by atoms with Gasteiger partial charge in [-0.25, -0.2) is 0 Å². The van der Waals surface area contributed by atoms with E-state index in [-0.39, 0.29) is 5.91 Å². The van der Waals surface area contributed by atoms with Gasteiger partial charge in [0.25, 0.3) is 0 Å². The number of fused-ring (bicyclic) bond motifs is 1. The van der Waals surface area contributed by atoms with Gasteiger partial charge in [-0.05, 0) is 34.1 Å². The minimum Gasteiger partial charge on any atom is -0.399 e. The second-order valence-electron chi connectivity index (χ2n) is 4.94. The van der Waals surface area contributed by atoms with E-state index in [1.54, 1.807) is 24.5 Å². The monoisotopic (exact) mass is 350 g/mol. The molecule has 1 amide bonds. The van der Waals surface area contributed by atoms with Crippen molar-refractivity contribution in [2.75, 3.05) is 24.1 Å². The SMILES string of the molecule is Nc1ccc(NC(=O)CN2CCn3cnnc3C2)c(Br)c1. The summed E-state index contributed by atoms with van der Waals surface area (Å²) in [7, 11) is 0. The second-order valence-corrected chi connectivity index (χ2v) is 5.79. The highest BCUT2D eigenvalue weighted by atomic mass is 79.9. The number of rotatable bonds is 3. The maximum absolute atomic E-state index is 12.1. The number of hydrogen-bond donors (Lipinski definition) is 2. The molecule has 0 bridgehead atoms. The van der Waals surface area contributed by atoms with E-state index < -0.39 is 0 Å². The van der Waals surface area contributed by atoms with Gasteiger partial charge in [-0.3, -0.25) is 9.69 Å². The third kappa shape index (κ3) is 3.22. The Morgan fingerprint density at radius 2 is 2.29 bits per heavy atom. The molecule has 2 aromatic rings. The average molecular weight is 351 g/mol. The number of benzene rings is 1. The maximum Gasteiger partial charge on any atom is 0.238 e. The van der Waals surface area contributed by atoms with Crippen LogP contribution in [0.25, 0.3) is 0 Å². The number of amides is 1. The summed E-state index contributed by atoms with van der Waals surface area (Å²) in [6, 6.07) is 5.30. The van der Waals surface area contributed by atoms with Crippen LogP contribution in [0.1, 0.15) is 5.82 Å². The van der Waals surface area contributed by atoms with Gasteiger partial charge in [0.2, 0.25) is 5.91 Å². The van der Waals surface area contributed by atoms with Crippen molar-refractivity contribution in [3.63, 3.8) is 0 Å². The van der Waals surface area contributed by atoms with Crippen LogP contribution in [-0.2, 0) is 17.9 Å². The van der Waals surface area contributed by atoms with Gasteiger partial charge in [-0.15, -0.1) is 10.2 Å². The normalized spacial score (nSPS) is 14.7. The van der Waals surface area contributed by atoms with E-state index in [0.29, 0.717) is 18.8 Å². The van der Waals surface area contributed by atoms with Gasteiger partial charge in [-0.1, -0.05) is 0 Å². The van der Waals surface area contributed by atoms with Crippen molar-refractivity contribution < 1.29 is 4.79 Å². The van der Waals surface area contributed by atoms with Crippen molar-refractivity contribution in [1.82, 2.24) is 19.7 Å². The molecule has 0 saturated carbocycles. The van der Waals surface area contributed by atoms with Gasteiger partial charge in [0.1, 0.15) is 12.2 Å². The van der Waals surface area contributed by atoms with E-state index in [1.807, 2.05) is 9.47 Å². The van der Waals surface area contributed by atoms with Crippen LogP contribution >= 0.6 is 15.9 Å². The Morgan fingerprint density at radius 1 is 1.43 bits per heavy atom. The summed E-state index contributed by atoms with van der Waals surface area (Å²) in [5.74, 6) is 0.830. The fourth-order valence-corrected chi connectivity index (χ4v) is 2.77. The topological polar surface area (TPSA) is 89.1 Å². The molecule has 7 nitrogen and oxygen atoms in total. The number of anilines is 2. The number of nitrogen functional groups attached to an aromatic ring is 1. The van der Waals surface area contributed by atoms with Gasteiger partial charge in [0, 0.05) is 23.2 Å². The van der Waals surface area contributed by atoms with E-state index >= 15 is 0 Å². The second kappa shape index (κ2) is 5.82. The lowest BCUT2D eigenvalue weighted by Gasteiger charge is -2.26. The third-order valence-electron chi connectivity index (χ3n) is 3.35. The molecule has 110 valence electrons. The van der Waals surface area contributed by atoms with Gasteiger partial charge >= 0.3 is 0 Å². The van der Waals surface area contributed by atoms with Crippen LogP contribution in [0.4, 0.5) is 11.4 Å². The predicted molar refractivity (Wildman–Crippen MR) is 82.5 cm³/mol. The Morgan fingerprint density at radius 3 is 3.10 bits per heavy atom. The van der Waals surface area contributed by atoms with Crippen molar-refractivity contribution >= 4 is 33.2 Å². The number of carbonyl (C=O) groups excluding carboxylic acids is 1. The van der Waals surface area contributed by atoms with Crippen molar-refractivity contribution in [3.8, 4) is 0 Å². The van der Waals surface area contributed by atoms with Gasteiger partial charge in [0.15, 0.2) is 0 Å². The number of hydrogen-bond acceptors (Lipinski definition) is 5. The lowest BCUT2D eigenvalue weighted by atomic mass is 10.3. The van der Waals surface area contributed by atoms with Crippen LogP contribution in [0.2, 0.25) is 0 Å². The molecule has 0 spiro atoms. The quantitative estimate of drug-likeness (QED) is 0.808. The average Bonchev–Trinajstić information content (AvgIpc) is 2.89. The van der Waals surface area contributed by atoms with E-state index in [0.717, 1.165) is 29.1 Å². The number of nitrogens with one attached hydrogen (secondary N) is 1. The first kappa shape index (κ1) is 14.0. The number of nitrogens with zero attached hydrogens (tertiary/aromatic N) is 4. The van der Waals surface area contributed by atoms with Crippen LogP contribution in [0.5, 0.6) is 0 Å². The summed E-state index contributed by atoms with van der Waals surface area (Å²) >= 11 is 3.39. The largest absolute Gasteiger partial charge is 0.399 e. The predicted octanol–water partition coefficient (Wildman–Crippen LogP) is 1.08. The molecule has 3 rings (SSSR count). The zero-order valence-electron chi connectivity index (χ0n) is 11.3. The van der Waals surface area contributed by atoms with Crippen molar-refractivity contribution in [1.29, 1.82) is 0 Å². The first-order valence-electron chi connectivity index (χ1n) is 6.56. The standard InChI is InChI=1S/C13H15BrN6O/c14-10-5-9(15)1-2-11(10)17-13(21)7-19-3-4-20-8-16-18-12(20)6-19/h1-2,5,8H,3-4,6-7,15H2,(H,17,21). The zero-order valence-corrected chi connectivity index (χ0v) is 12.9. The van der Waals surface area contributed by atoms with E-state index in [9.17, 15) is 4.79 Å². The summed E-state index contributed by atoms with van der Waals surface area (Å²) in [6.07, 6.45) is 1.72. The molecule has 0 fully saturated rings. The number of nitrogens with two attached hydrogens (primary N) is 1. The lowest BCUT2D eigenvalue weighted by Crippen LogP contribution is -2.39. The van der Waals surface area contributed by atoms with Crippen LogP contribution in [0, 0.1) is 0 Å². The first-order chi connectivity index (χ1) is 10.1. The highest BCUT2D eigenvalue weighted by Crippen LogP contribution is 2.24. The molecular formula is C13H15BrN6O. The van der Waals surface area contributed by atoms with Crippen LogP contribution in [-0.4, -0.2) is 38.7 Å². The maximum atomic E-state index is 12.1. The Labute approximate surface area is 130 Å². The summed E-state index contributed by atoms with van der Waals surface area (Å²) in [6.45, 7) is 2.57. The lowest BCUT2D eigenvalue weighted by molar-refractivity contribution is -0.117. The zero-order chi connectivity index (χ0) is 14.8. The Kier molecular flexibility index (Phi) is 3.89. The molecule has 0 aliphatic carbocycles. The molecule has 1 aromatic heterocycles. The third-order valence-corrected chi connectivity index (χ3v) is 4.01. The first-order valence-corrected chi connectivity index (χ1v) is 7.35. The number of aromatic nitrogens is 3. The van der Waals surface area contributed by atoms with Gasteiger partial charge in [0.05, 0.1) is 18.8 Å². The molecule has 8 heteroatoms. The van der Waals surface area contributed by atoms with E-state index in [4.69, 9.17) is 5.73 Å². The fourth-order valence-electron chi connectivity index (χ4n) is 2.28. The fraction of sp³-hybridized carbons (Fsp3) is 0.308. The van der Waals surface area contributed by atoms with Crippen LogP contribution in [0.15, 0.2) is 29.0 Å². The number of carbonyl (C=O) groups is 1.